The maximum atomic E-state index is 12.2. The zero-order chi connectivity index (χ0) is 28.9. The molecule has 0 spiro atoms. The Labute approximate surface area is 223 Å². The van der Waals surface area contributed by atoms with Gasteiger partial charge in [0.25, 0.3) is 11.1 Å². The van der Waals surface area contributed by atoms with Crippen molar-refractivity contribution < 1.29 is 43.8 Å². The highest BCUT2D eigenvalue weighted by molar-refractivity contribution is 8.07. The molecule has 4 heterocycles. The molecule has 4 rings (SSSR count). The molecule has 0 bridgehead atoms. The maximum Gasteiger partial charge on any atom is 0.330 e. The first-order chi connectivity index (χ1) is 18.1. The third-order valence-corrected chi connectivity index (χ3v) is 7.81. The van der Waals surface area contributed by atoms with Gasteiger partial charge in [-0.1, -0.05) is 0 Å². The van der Waals surface area contributed by atoms with Crippen molar-refractivity contribution >= 4 is 18.5 Å². The predicted molar refractivity (Wildman–Crippen MR) is 132 cm³/mol. The second-order valence-corrected chi connectivity index (χ2v) is 11.9. The molecule has 0 aliphatic carbocycles. The Balaban J connectivity index is 1.47. The van der Waals surface area contributed by atoms with Crippen LogP contribution in [-0.2, 0) is 30.3 Å². The van der Waals surface area contributed by atoms with E-state index in [1.54, 1.807) is 0 Å². The monoisotopic (exact) mass is 594 g/mol. The van der Waals surface area contributed by atoms with Gasteiger partial charge in [-0.3, -0.25) is 37.7 Å². The molecule has 2 aromatic rings. The van der Waals surface area contributed by atoms with E-state index in [4.69, 9.17) is 30.3 Å². The summed E-state index contributed by atoms with van der Waals surface area (Å²) in [5, 5.41) is 41.6. The molecule has 17 nitrogen and oxygen atoms in total. The van der Waals surface area contributed by atoms with Gasteiger partial charge in [0.1, 0.15) is 24.7 Å². The minimum absolute atomic E-state index is 0.154. The SMILES string of the molecule is Cc1cn([C@H]2C[C@H](O)[C@@H](C(O)OP(O)(=S)O[C@]3(O)C[C@H](n4cc(C)c(=O)[nH]c4=O)O[C@@H]3CO)O2)c(=O)[nH]c1=O. The molecule has 39 heavy (non-hydrogen) atoms. The smallest absolute Gasteiger partial charge is 0.330 e. The number of H-pyrrole nitrogens is 2. The van der Waals surface area contributed by atoms with Crippen LogP contribution in [0.25, 0.3) is 0 Å². The summed E-state index contributed by atoms with van der Waals surface area (Å²) in [7, 11) is 0. The van der Waals surface area contributed by atoms with E-state index in [1.807, 2.05) is 0 Å². The molecule has 2 aromatic heterocycles. The van der Waals surface area contributed by atoms with Crippen molar-refractivity contribution in [3.63, 3.8) is 0 Å². The summed E-state index contributed by atoms with van der Waals surface area (Å²) in [5.74, 6) is -2.51. The minimum atomic E-state index is -4.57. The highest BCUT2D eigenvalue weighted by atomic mass is 32.5. The van der Waals surface area contributed by atoms with Crippen LogP contribution in [0.1, 0.15) is 36.4 Å². The summed E-state index contributed by atoms with van der Waals surface area (Å²) in [5.41, 5.74) is -2.58. The number of hydrogen-bond donors (Lipinski definition) is 7. The van der Waals surface area contributed by atoms with Gasteiger partial charge in [0.15, 0.2) is 6.29 Å². The number of aromatic nitrogens is 4. The van der Waals surface area contributed by atoms with Crippen molar-refractivity contribution in [2.75, 3.05) is 6.61 Å². The fraction of sp³-hybridized carbons (Fsp3) is 0.600. The van der Waals surface area contributed by atoms with Gasteiger partial charge in [-0.25, -0.2) is 9.59 Å². The number of ether oxygens (including phenoxy) is 2. The Morgan fingerprint density at radius 3 is 2.18 bits per heavy atom. The van der Waals surface area contributed by atoms with Crippen LogP contribution in [-0.4, -0.2) is 81.4 Å². The zero-order valence-electron chi connectivity index (χ0n) is 20.5. The average Bonchev–Trinajstić information content (AvgIpc) is 3.37. The van der Waals surface area contributed by atoms with E-state index in [2.05, 4.69) is 9.97 Å². The molecule has 0 aromatic carbocycles. The molecule has 2 aliphatic rings. The lowest BCUT2D eigenvalue weighted by molar-refractivity contribution is -0.203. The van der Waals surface area contributed by atoms with Crippen LogP contribution in [0.3, 0.4) is 0 Å². The van der Waals surface area contributed by atoms with Gasteiger partial charge in [-0.15, -0.1) is 0 Å². The lowest BCUT2D eigenvalue weighted by Gasteiger charge is -2.32. The van der Waals surface area contributed by atoms with Crippen LogP contribution in [0.15, 0.2) is 31.6 Å². The number of aromatic amines is 2. The lowest BCUT2D eigenvalue weighted by atomic mass is 10.1. The van der Waals surface area contributed by atoms with Crippen molar-refractivity contribution in [2.24, 2.45) is 0 Å². The van der Waals surface area contributed by atoms with E-state index in [0.717, 1.165) is 9.13 Å². The molecular formula is C20H27N4O13PS. The van der Waals surface area contributed by atoms with E-state index in [1.165, 1.54) is 26.2 Å². The topological polar surface area (TPSA) is 248 Å². The molecule has 2 unspecified atom stereocenters. The van der Waals surface area contributed by atoms with Crippen LogP contribution >= 0.6 is 6.72 Å². The quantitative estimate of drug-likeness (QED) is 0.118. The van der Waals surface area contributed by atoms with Crippen LogP contribution in [0.5, 0.6) is 0 Å². The summed E-state index contributed by atoms with van der Waals surface area (Å²) in [6.45, 7) is -2.53. The largest absolute Gasteiger partial charge is 0.393 e. The molecule has 2 fully saturated rings. The number of aliphatic hydroxyl groups is 4. The minimum Gasteiger partial charge on any atom is -0.393 e. The molecular weight excluding hydrogens is 567 g/mol. The molecule has 8 atom stereocenters. The summed E-state index contributed by atoms with van der Waals surface area (Å²) in [6, 6.07) is 0. The first kappa shape index (κ1) is 29.6. The van der Waals surface area contributed by atoms with Crippen molar-refractivity contribution in [1.29, 1.82) is 0 Å². The second-order valence-electron chi connectivity index (χ2n) is 9.18. The fourth-order valence-corrected chi connectivity index (χ4v) is 5.97. The van der Waals surface area contributed by atoms with E-state index in [-0.39, 0.29) is 17.5 Å². The van der Waals surface area contributed by atoms with Crippen LogP contribution in [0.2, 0.25) is 0 Å². The Kier molecular flexibility index (Phi) is 8.28. The first-order valence-electron chi connectivity index (χ1n) is 11.5. The van der Waals surface area contributed by atoms with Crippen LogP contribution < -0.4 is 22.5 Å². The number of aliphatic hydroxyl groups excluding tert-OH is 3. The molecule has 19 heteroatoms. The molecule has 0 radical (unpaired) electrons. The van der Waals surface area contributed by atoms with Crippen LogP contribution in [0.4, 0.5) is 0 Å². The lowest BCUT2D eigenvalue weighted by Crippen LogP contribution is -2.43. The molecule has 7 N–H and O–H groups in total. The number of rotatable bonds is 8. The normalized spacial score (nSPS) is 31.3. The molecule has 0 amide bonds. The average molecular weight is 594 g/mol. The Morgan fingerprint density at radius 2 is 1.64 bits per heavy atom. The molecule has 0 saturated carbocycles. The highest BCUT2D eigenvalue weighted by Gasteiger charge is 2.53. The Hall–Kier alpha value is -2.35. The van der Waals surface area contributed by atoms with E-state index >= 15 is 0 Å². The van der Waals surface area contributed by atoms with Gasteiger partial charge in [0.05, 0.1) is 19.1 Å². The number of hydrogen-bond acceptors (Lipinski definition) is 13. The summed E-state index contributed by atoms with van der Waals surface area (Å²) < 4.78 is 23.2. The third kappa shape index (κ3) is 6.06. The zero-order valence-corrected chi connectivity index (χ0v) is 22.2. The highest BCUT2D eigenvalue weighted by Crippen LogP contribution is 2.53. The maximum absolute atomic E-state index is 12.2. The molecule has 2 saturated heterocycles. The first-order valence-corrected chi connectivity index (χ1v) is 14.1. The van der Waals surface area contributed by atoms with Gasteiger partial charge in [-0.2, -0.15) is 0 Å². The Morgan fingerprint density at radius 1 is 1.10 bits per heavy atom. The third-order valence-electron chi connectivity index (χ3n) is 6.30. The second kappa shape index (κ2) is 10.9. The molecule has 216 valence electrons. The van der Waals surface area contributed by atoms with Gasteiger partial charge >= 0.3 is 18.1 Å². The van der Waals surface area contributed by atoms with Crippen molar-refractivity contribution in [2.45, 2.75) is 69.5 Å². The van der Waals surface area contributed by atoms with Crippen LogP contribution in [0, 0.1) is 13.8 Å². The van der Waals surface area contributed by atoms with E-state index < -0.39 is 85.1 Å². The van der Waals surface area contributed by atoms with Gasteiger partial charge in [-0.05, 0) is 25.7 Å². The number of aryl methyl sites for hydroxylation is 2. The Bertz CT molecular complexity index is 1520. The van der Waals surface area contributed by atoms with Gasteiger partial charge in [0, 0.05) is 29.9 Å². The summed E-state index contributed by atoms with van der Waals surface area (Å²) in [4.78, 5) is 62.4. The number of nitrogens with one attached hydrogen (secondary N) is 2. The van der Waals surface area contributed by atoms with E-state index in [9.17, 15) is 44.5 Å². The van der Waals surface area contributed by atoms with Crippen molar-refractivity contribution in [1.82, 2.24) is 19.1 Å². The van der Waals surface area contributed by atoms with Crippen molar-refractivity contribution in [3.8, 4) is 0 Å². The fourth-order valence-electron chi connectivity index (χ4n) is 4.29. The van der Waals surface area contributed by atoms with E-state index in [0.29, 0.717) is 0 Å². The standard InChI is InChI=1S/C20H27N4O13PS/c1-8-5-23(18(30)21-15(8)27)12-3-10(26)14(35-12)17(29)36-38(33,39)37-20(32)4-13(34-11(20)7-25)24-6-9(2)16(28)22-19(24)31/h5-6,10-14,17,25-26,29,32H,3-4,7H2,1-2H3,(H,33,39)(H,21,27,30)(H,22,28,31)/t10-,11+,12+,13+,14-,17?,20+,38?/m0/s1. The van der Waals surface area contributed by atoms with Crippen molar-refractivity contribution in [3.05, 3.63) is 65.2 Å². The van der Waals surface area contributed by atoms with Gasteiger partial charge in [0.2, 0.25) is 5.79 Å². The van der Waals surface area contributed by atoms with Gasteiger partial charge < -0.3 is 34.8 Å². The molecule has 2 aliphatic heterocycles. The predicted octanol–water partition coefficient (Wildman–Crippen LogP) is -3.11. The number of nitrogens with zero attached hydrogens (tertiary/aromatic N) is 2. The summed E-state index contributed by atoms with van der Waals surface area (Å²) in [6.07, 6.45) is -7.34. The summed E-state index contributed by atoms with van der Waals surface area (Å²) >= 11 is 4.91.